The first kappa shape index (κ1) is 25.9. The molecule has 8 nitrogen and oxygen atoms in total. The first-order valence-corrected chi connectivity index (χ1v) is 14.4. The lowest BCUT2D eigenvalue weighted by atomic mass is 9.83. The van der Waals surface area contributed by atoms with Crippen molar-refractivity contribution in [2.24, 2.45) is 4.99 Å². The van der Waals surface area contributed by atoms with Crippen LogP contribution in [0.1, 0.15) is 40.5 Å². The Kier molecular flexibility index (Phi) is 6.24. The van der Waals surface area contributed by atoms with E-state index in [1.165, 1.54) is 23.0 Å². The minimum Gasteiger partial charge on any atom is -0.497 e. The van der Waals surface area contributed by atoms with E-state index in [9.17, 15) is 14.9 Å². The molecule has 208 valence electrons. The molecular weight excluding hydrogens is 550 g/mol. The Morgan fingerprint density at radius 1 is 1.05 bits per heavy atom. The third-order valence-electron chi connectivity index (χ3n) is 7.82. The van der Waals surface area contributed by atoms with Gasteiger partial charge in [-0.25, -0.2) is 4.99 Å². The van der Waals surface area contributed by atoms with E-state index in [0.717, 1.165) is 46.6 Å². The monoisotopic (exact) mass is 575 g/mol. The second kappa shape index (κ2) is 10.1. The van der Waals surface area contributed by atoms with Crippen LogP contribution in [-0.2, 0) is 6.42 Å². The van der Waals surface area contributed by atoms with Gasteiger partial charge in [0.1, 0.15) is 17.3 Å². The van der Waals surface area contributed by atoms with E-state index in [4.69, 9.17) is 14.1 Å². The summed E-state index contributed by atoms with van der Waals surface area (Å²) in [5.41, 5.74) is 6.36. The van der Waals surface area contributed by atoms with Crippen molar-refractivity contribution in [3.8, 4) is 17.1 Å². The minimum absolute atomic E-state index is 0.0272. The van der Waals surface area contributed by atoms with E-state index in [1.807, 2.05) is 42.5 Å². The summed E-state index contributed by atoms with van der Waals surface area (Å²) >= 11 is 1.31. The van der Waals surface area contributed by atoms with Crippen molar-refractivity contribution in [1.82, 2.24) is 4.57 Å². The van der Waals surface area contributed by atoms with Crippen LogP contribution in [0.5, 0.6) is 5.75 Å². The van der Waals surface area contributed by atoms with Crippen LogP contribution in [0, 0.1) is 17.0 Å². The lowest BCUT2D eigenvalue weighted by Crippen LogP contribution is -2.38. The molecule has 1 atom stereocenters. The molecule has 0 amide bonds. The highest BCUT2D eigenvalue weighted by Crippen LogP contribution is 2.41. The molecule has 3 heterocycles. The molecule has 3 aromatic carbocycles. The smallest absolute Gasteiger partial charge is 0.280 e. The standard InChI is InChI=1S/C33H25N3O5S/c1-19-7-14-25(27(17-19)36(38)39)28-16-13-23(41-28)18-29-32(37)35-31(21-8-11-22(40-2)12-9-21)26-15-10-20-5-3-4-6-24(20)30(26)34-33(35)42-29/h3-9,11-14,16-18,31H,10,15H2,1-2H3/b29-18+/t31-/m1/s1. The highest BCUT2D eigenvalue weighted by Gasteiger charge is 2.32. The third-order valence-corrected chi connectivity index (χ3v) is 8.80. The number of aromatic nitrogens is 1. The molecule has 9 heteroatoms. The highest BCUT2D eigenvalue weighted by atomic mass is 32.1. The minimum atomic E-state index is -0.415. The molecule has 5 aromatic rings. The maximum absolute atomic E-state index is 14.0. The van der Waals surface area contributed by atoms with E-state index in [1.54, 1.807) is 42.9 Å². The van der Waals surface area contributed by atoms with E-state index in [-0.39, 0.29) is 17.3 Å². The van der Waals surface area contributed by atoms with Crippen LogP contribution >= 0.6 is 11.3 Å². The Morgan fingerprint density at radius 2 is 1.86 bits per heavy atom. The van der Waals surface area contributed by atoms with Gasteiger partial charge in [0.05, 0.1) is 33.9 Å². The van der Waals surface area contributed by atoms with Crippen LogP contribution in [0.15, 0.2) is 98.6 Å². The van der Waals surface area contributed by atoms with Gasteiger partial charge in [0.25, 0.3) is 11.2 Å². The van der Waals surface area contributed by atoms with Gasteiger partial charge < -0.3 is 9.15 Å². The Bertz CT molecular complexity index is 2100. The number of hydrogen-bond acceptors (Lipinski definition) is 7. The first-order chi connectivity index (χ1) is 20.4. The first-order valence-electron chi connectivity index (χ1n) is 13.5. The molecule has 2 aromatic heterocycles. The van der Waals surface area contributed by atoms with Gasteiger partial charge in [0, 0.05) is 17.7 Å². The van der Waals surface area contributed by atoms with Gasteiger partial charge in [0.2, 0.25) is 0 Å². The Morgan fingerprint density at radius 3 is 2.64 bits per heavy atom. The number of nitro groups is 1. The average Bonchev–Trinajstić information content (AvgIpc) is 3.60. The number of nitrogens with zero attached hydrogens (tertiary/aromatic N) is 3. The molecule has 0 spiro atoms. The summed E-state index contributed by atoms with van der Waals surface area (Å²) in [6.45, 7) is 1.81. The molecule has 0 radical (unpaired) electrons. The highest BCUT2D eigenvalue weighted by molar-refractivity contribution is 7.07. The van der Waals surface area contributed by atoms with Crippen molar-refractivity contribution < 1.29 is 14.1 Å². The fraction of sp³-hybridized carbons (Fsp3) is 0.152. The lowest BCUT2D eigenvalue weighted by Gasteiger charge is -2.30. The Balaban J connectivity index is 1.38. The number of furan rings is 1. The van der Waals surface area contributed by atoms with Gasteiger partial charge in [-0.15, -0.1) is 0 Å². The summed E-state index contributed by atoms with van der Waals surface area (Å²) in [6, 6.07) is 24.3. The Labute approximate surface area is 244 Å². The topological polar surface area (TPSA) is 99.9 Å². The average molecular weight is 576 g/mol. The maximum Gasteiger partial charge on any atom is 0.280 e. The molecule has 0 fully saturated rings. The van der Waals surface area contributed by atoms with E-state index in [0.29, 0.717) is 26.4 Å². The molecule has 1 aliphatic carbocycles. The summed E-state index contributed by atoms with van der Waals surface area (Å²) < 4.78 is 13.6. The number of fused-ring (bicyclic) bond motifs is 3. The van der Waals surface area contributed by atoms with E-state index < -0.39 is 4.92 Å². The lowest BCUT2D eigenvalue weighted by molar-refractivity contribution is -0.384. The molecule has 2 aliphatic rings. The predicted molar refractivity (Wildman–Crippen MR) is 161 cm³/mol. The molecule has 0 unspecified atom stereocenters. The molecular formula is C33H25N3O5S. The zero-order chi connectivity index (χ0) is 29.0. The van der Waals surface area contributed by atoms with Crippen LogP contribution < -0.4 is 19.6 Å². The third kappa shape index (κ3) is 4.29. The summed E-state index contributed by atoms with van der Waals surface area (Å²) in [5.74, 6) is 1.54. The van der Waals surface area contributed by atoms with Crippen LogP contribution in [0.4, 0.5) is 5.69 Å². The van der Waals surface area contributed by atoms with Gasteiger partial charge in [0.15, 0.2) is 4.80 Å². The number of thiazole rings is 1. The number of hydrogen-bond donors (Lipinski definition) is 0. The second-order valence-corrected chi connectivity index (χ2v) is 11.4. The number of aryl methyl sites for hydroxylation is 2. The second-order valence-electron chi connectivity index (χ2n) is 10.4. The van der Waals surface area contributed by atoms with Crippen LogP contribution in [0.2, 0.25) is 0 Å². The number of nitro benzene ring substituents is 1. The predicted octanol–water partition coefficient (Wildman–Crippen LogP) is 5.80. The normalized spacial score (nSPS) is 16.0. The quantitative estimate of drug-likeness (QED) is 0.195. The van der Waals surface area contributed by atoms with Gasteiger partial charge in [-0.2, -0.15) is 0 Å². The summed E-state index contributed by atoms with van der Waals surface area (Å²) in [4.78, 5) is 30.9. The molecule has 0 N–H and O–H groups in total. The number of allylic oxidation sites excluding steroid dienone is 1. The van der Waals surface area contributed by atoms with Crippen molar-refractivity contribution in [2.75, 3.05) is 7.11 Å². The van der Waals surface area contributed by atoms with Gasteiger partial charge in [-0.3, -0.25) is 19.5 Å². The van der Waals surface area contributed by atoms with Gasteiger partial charge >= 0.3 is 0 Å². The molecule has 0 saturated carbocycles. The van der Waals surface area contributed by atoms with Crippen LogP contribution in [-0.4, -0.2) is 16.6 Å². The van der Waals surface area contributed by atoms with Crippen LogP contribution in [0.25, 0.3) is 23.1 Å². The zero-order valence-electron chi connectivity index (χ0n) is 22.9. The van der Waals surface area contributed by atoms with Crippen LogP contribution in [0.3, 0.4) is 0 Å². The number of methoxy groups -OCH3 is 1. The van der Waals surface area contributed by atoms with E-state index >= 15 is 0 Å². The maximum atomic E-state index is 14.0. The van der Waals surface area contributed by atoms with Crippen molar-refractivity contribution in [2.45, 2.75) is 25.8 Å². The van der Waals surface area contributed by atoms with Gasteiger partial charge in [-0.05, 0) is 72.4 Å². The molecule has 7 rings (SSSR count). The number of ether oxygens (including phenoxy) is 1. The molecule has 42 heavy (non-hydrogen) atoms. The molecule has 1 aliphatic heterocycles. The summed E-state index contributed by atoms with van der Waals surface area (Å²) in [6.07, 6.45) is 3.37. The van der Waals surface area contributed by atoms with Gasteiger partial charge in [-0.1, -0.05) is 53.8 Å². The molecule has 0 saturated heterocycles. The summed E-state index contributed by atoms with van der Waals surface area (Å²) in [7, 11) is 1.63. The number of benzene rings is 3. The van der Waals surface area contributed by atoms with Crippen molar-refractivity contribution in [1.29, 1.82) is 0 Å². The number of rotatable bonds is 5. The fourth-order valence-corrected chi connectivity index (χ4v) is 6.80. The summed E-state index contributed by atoms with van der Waals surface area (Å²) in [5, 5.41) is 11.7. The van der Waals surface area contributed by atoms with Crippen molar-refractivity contribution in [3.05, 3.63) is 142 Å². The van der Waals surface area contributed by atoms with Crippen molar-refractivity contribution >= 4 is 28.8 Å². The Hall–Kier alpha value is -5.02. The van der Waals surface area contributed by atoms with E-state index in [2.05, 4.69) is 12.1 Å². The largest absolute Gasteiger partial charge is 0.497 e. The fourth-order valence-electron chi connectivity index (χ4n) is 5.81. The molecule has 0 bridgehead atoms. The SMILES string of the molecule is COc1ccc([C@@H]2C3=C(N=c4s/c(=C/c5ccc(-c6ccc(C)cc6[N+](=O)[O-])o5)c(=O)n42)c2ccccc2CC3)cc1. The van der Waals surface area contributed by atoms with Crippen molar-refractivity contribution in [3.63, 3.8) is 0 Å². The zero-order valence-corrected chi connectivity index (χ0v) is 23.7.